The van der Waals surface area contributed by atoms with E-state index in [2.05, 4.69) is 44.7 Å². The molecule has 0 heteroatoms. The van der Waals surface area contributed by atoms with Crippen LogP contribution in [0.25, 0.3) is 0 Å². The molecule has 0 aromatic heterocycles. The van der Waals surface area contributed by atoms with Crippen molar-refractivity contribution in [3.8, 4) is 0 Å². The maximum Gasteiger partial charge on any atom is -0.00670 e. The Balaban J connectivity index is 1.90. The van der Waals surface area contributed by atoms with E-state index in [-0.39, 0.29) is 0 Å². The molecule has 0 N–H and O–H groups in total. The second-order valence-corrected chi connectivity index (χ2v) is 5.78. The summed E-state index contributed by atoms with van der Waals surface area (Å²) in [7, 11) is 0. The predicted octanol–water partition coefficient (Wildman–Crippen LogP) is 4.92. The molecule has 0 aliphatic heterocycles. The van der Waals surface area contributed by atoms with Crippen LogP contribution in [0, 0.1) is 18.8 Å². The van der Waals surface area contributed by atoms with E-state index in [0.29, 0.717) is 0 Å². The van der Waals surface area contributed by atoms with Gasteiger partial charge in [0.1, 0.15) is 0 Å². The van der Waals surface area contributed by atoms with Gasteiger partial charge in [-0.25, -0.2) is 0 Å². The molecule has 1 aliphatic carbocycles. The summed E-state index contributed by atoms with van der Waals surface area (Å²) in [6.07, 6.45) is 6.55. The lowest BCUT2D eigenvalue weighted by Gasteiger charge is -2.27. The molecule has 0 nitrogen and oxygen atoms in total. The quantitative estimate of drug-likeness (QED) is 0.644. The Hall–Kier alpha value is -1.04. The molecular weight excluding hydrogens is 204 g/mol. The number of aryl methyl sites for hydroxylation is 1. The van der Waals surface area contributed by atoms with Gasteiger partial charge in [-0.15, -0.1) is 0 Å². The Bertz CT molecular complexity index is 364. The van der Waals surface area contributed by atoms with Gasteiger partial charge in [-0.2, -0.15) is 0 Å². The van der Waals surface area contributed by atoms with E-state index in [9.17, 15) is 0 Å². The molecule has 0 bridgehead atoms. The van der Waals surface area contributed by atoms with Crippen LogP contribution < -0.4 is 0 Å². The van der Waals surface area contributed by atoms with Crippen LogP contribution >= 0.6 is 0 Å². The van der Waals surface area contributed by atoms with Gasteiger partial charge < -0.3 is 0 Å². The SMILES string of the molecule is C=C(Cc1ccc(C)cc1)C1CCC(C)CC1. The Morgan fingerprint density at radius 1 is 1.12 bits per heavy atom. The Morgan fingerprint density at radius 2 is 1.71 bits per heavy atom. The third-order valence-electron chi connectivity index (χ3n) is 4.14. The van der Waals surface area contributed by atoms with Gasteiger partial charge >= 0.3 is 0 Å². The first kappa shape index (κ1) is 12.4. The van der Waals surface area contributed by atoms with Gasteiger partial charge in [0.2, 0.25) is 0 Å². The minimum atomic E-state index is 0.771. The van der Waals surface area contributed by atoms with Crippen molar-refractivity contribution in [3.63, 3.8) is 0 Å². The van der Waals surface area contributed by atoms with E-state index >= 15 is 0 Å². The minimum Gasteiger partial charge on any atom is -0.0992 e. The van der Waals surface area contributed by atoms with Crippen molar-refractivity contribution in [1.82, 2.24) is 0 Å². The summed E-state index contributed by atoms with van der Waals surface area (Å²) in [6, 6.07) is 8.88. The highest BCUT2D eigenvalue weighted by atomic mass is 14.3. The average Bonchev–Trinajstić information content (AvgIpc) is 2.33. The molecule has 1 fully saturated rings. The molecular formula is C17H24. The highest BCUT2D eigenvalue weighted by Crippen LogP contribution is 2.33. The van der Waals surface area contributed by atoms with E-state index in [4.69, 9.17) is 0 Å². The fourth-order valence-corrected chi connectivity index (χ4v) is 2.78. The third kappa shape index (κ3) is 3.46. The molecule has 0 saturated heterocycles. The van der Waals surface area contributed by atoms with Crippen LogP contribution in [0.15, 0.2) is 36.4 Å². The molecule has 0 atom stereocenters. The molecule has 17 heavy (non-hydrogen) atoms. The topological polar surface area (TPSA) is 0 Å². The van der Waals surface area contributed by atoms with Crippen LogP contribution in [0.5, 0.6) is 0 Å². The fourth-order valence-electron chi connectivity index (χ4n) is 2.78. The summed E-state index contributed by atoms with van der Waals surface area (Å²) in [5.74, 6) is 1.70. The molecule has 0 unspecified atom stereocenters. The zero-order valence-electron chi connectivity index (χ0n) is 11.2. The van der Waals surface area contributed by atoms with Crippen LogP contribution in [0.4, 0.5) is 0 Å². The van der Waals surface area contributed by atoms with Crippen molar-refractivity contribution in [2.75, 3.05) is 0 Å². The van der Waals surface area contributed by atoms with E-state index in [1.165, 1.54) is 42.4 Å². The maximum atomic E-state index is 4.32. The third-order valence-corrected chi connectivity index (χ3v) is 4.14. The van der Waals surface area contributed by atoms with Gasteiger partial charge in [0.15, 0.2) is 0 Å². The van der Waals surface area contributed by atoms with E-state index < -0.39 is 0 Å². The van der Waals surface area contributed by atoms with Crippen LogP contribution in [0.1, 0.15) is 43.7 Å². The fraction of sp³-hybridized carbons (Fsp3) is 0.529. The Kier molecular flexibility index (Phi) is 4.04. The predicted molar refractivity (Wildman–Crippen MR) is 75.1 cm³/mol. The van der Waals surface area contributed by atoms with Crippen molar-refractivity contribution >= 4 is 0 Å². The van der Waals surface area contributed by atoms with E-state index in [1.807, 2.05) is 0 Å². The van der Waals surface area contributed by atoms with Gasteiger partial charge in [0.25, 0.3) is 0 Å². The van der Waals surface area contributed by atoms with Gasteiger partial charge in [-0.05, 0) is 43.6 Å². The smallest absolute Gasteiger partial charge is 0.00670 e. The first-order valence-electron chi connectivity index (χ1n) is 6.88. The largest absolute Gasteiger partial charge is 0.0992 e. The first-order chi connectivity index (χ1) is 8.15. The molecule has 0 amide bonds. The number of allylic oxidation sites excluding steroid dienone is 1. The number of hydrogen-bond acceptors (Lipinski definition) is 0. The molecule has 92 valence electrons. The molecule has 2 rings (SSSR count). The molecule has 1 saturated carbocycles. The molecule has 1 aromatic carbocycles. The van der Waals surface area contributed by atoms with E-state index in [0.717, 1.165) is 18.3 Å². The maximum absolute atomic E-state index is 4.32. The Labute approximate surface area is 106 Å². The average molecular weight is 228 g/mol. The van der Waals surface area contributed by atoms with Crippen LogP contribution in [0.2, 0.25) is 0 Å². The van der Waals surface area contributed by atoms with Gasteiger partial charge in [0.05, 0.1) is 0 Å². The van der Waals surface area contributed by atoms with Crippen molar-refractivity contribution in [2.24, 2.45) is 11.8 Å². The molecule has 1 aromatic rings. The summed E-state index contributed by atoms with van der Waals surface area (Å²) < 4.78 is 0. The van der Waals surface area contributed by atoms with Gasteiger partial charge in [-0.3, -0.25) is 0 Å². The normalized spacial score (nSPS) is 24.6. The molecule has 0 spiro atoms. The summed E-state index contributed by atoms with van der Waals surface area (Å²) in [4.78, 5) is 0. The second kappa shape index (κ2) is 5.53. The minimum absolute atomic E-state index is 0.771. The van der Waals surface area contributed by atoms with Crippen LogP contribution in [-0.2, 0) is 6.42 Å². The standard InChI is InChI=1S/C17H24/c1-13-4-8-16(9-5-13)12-15(3)17-10-6-14(2)7-11-17/h4-5,8-9,14,17H,3,6-7,10-12H2,1-2H3. The zero-order valence-corrected chi connectivity index (χ0v) is 11.2. The summed E-state index contributed by atoms with van der Waals surface area (Å²) in [6.45, 7) is 8.84. The van der Waals surface area contributed by atoms with Crippen molar-refractivity contribution in [1.29, 1.82) is 0 Å². The summed E-state index contributed by atoms with van der Waals surface area (Å²) in [5.41, 5.74) is 4.20. The molecule has 0 heterocycles. The van der Waals surface area contributed by atoms with Crippen LogP contribution in [0.3, 0.4) is 0 Å². The highest BCUT2D eigenvalue weighted by Gasteiger charge is 2.20. The lowest BCUT2D eigenvalue weighted by molar-refractivity contribution is 0.318. The first-order valence-corrected chi connectivity index (χ1v) is 6.88. The molecule has 1 aliphatic rings. The van der Waals surface area contributed by atoms with Crippen LogP contribution in [-0.4, -0.2) is 0 Å². The van der Waals surface area contributed by atoms with Crippen molar-refractivity contribution < 1.29 is 0 Å². The summed E-state index contributed by atoms with van der Waals surface area (Å²) in [5, 5.41) is 0. The van der Waals surface area contributed by atoms with Crippen molar-refractivity contribution in [3.05, 3.63) is 47.5 Å². The van der Waals surface area contributed by atoms with Gasteiger partial charge in [0, 0.05) is 0 Å². The summed E-state index contributed by atoms with van der Waals surface area (Å²) >= 11 is 0. The lowest BCUT2D eigenvalue weighted by Crippen LogP contribution is -2.14. The Morgan fingerprint density at radius 3 is 2.29 bits per heavy atom. The second-order valence-electron chi connectivity index (χ2n) is 5.78. The van der Waals surface area contributed by atoms with E-state index in [1.54, 1.807) is 0 Å². The lowest BCUT2D eigenvalue weighted by atomic mass is 9.78. The molecule has 0 radical (unpaired) electrons. The number of benzene rings is 1. The number of hydrogen-bond donors (Lipinski definition) is 0. The monoisotopic (exact) mass is 228 g/mol. The van der Waals surface area contributed by atoms with Crippen molar-refractivity contribution in [2.45, 2.75) is 46.0 Å². The van der Waals surface area contributed by atoms with Gasteiger partial charge in [-0.1, -0.05) is 61.7 Å². The highest BCUT2D eigenvalue weighted by molar-refractivity contribution is 5.25. The number of rotatable bonds is 3. The zero-order chi connectivity index (χ0) is 12.3.